The van der Waals surface area contributed by atoms with Gasteiger partial charge < -0.3 is 14.2 Å². The predicted octanol–water partition coefficient (Wildman–Crippen LogP) is 0.979. The number of likely N-dealkylation sites (N-methyl/N-ethyl adjacent to an activating group) is 1. The number of halogens is 3. The normalized spacial score (nSPS) is 16.2. The monoisotopic (exact) mass is 380 g/mol. The summed E-state index contributed by atoms with van der Waals surface area (Å²) in [5.41, 5.74) is -1.09. The Labute approximate surface area is 152 Å². The van der Waals surface area contributed by atoms with E-state index in [9.17, 15) is 18.0 Å². The molecule has 1 amide bonds. The first-order valence-corrected chi connectivity index (χ1v) is 8.45. The number of hydrogen-bond acceptors (Lipinski definition) is 4. The van der Waals surface area contributed by atoms with E-state index in [1.165, 1.54) is 23.3 Å². The van der Waals surface area contributed by atoms with Crippen LogP contribution in [0.2, 0.25) is 0 Å². The quantitative estimate of drug-likeness (QED) is 0.720. The molecule has 4 heterocycles. The summed E-state index contributed by atoms with van der Waals surface area (Å²) in [6.45, 7) is 2.65. The second-order valence-corrected chi connectivity index (χ2v) is 6.55. The van der Waals surface area contributed by atoms with E-state index in [-0.39, 0.29) is 28.7 Å². The van der Waals surface area contributed by atoms with Crippen molar-refractivity contribution >= 4 is 11.6 Å². The number of rotatable bonds is 2. The van der Waals surface area contributed by atoms with Crippen LogP contribution in [0.5, 0.6) is 0 Å². The Morgan fingerprint density at radius 2 is 2.00 bits per heavy atom. The smallest absolute Gasteiger partial charge is 0.433 e. The summed E-state index contributed by atoms with van der Waals surface area (Å²) >= 11 is 0. The lowest BCUT2D eigenvalue weighted by molar-refractivity contribution is -0.883. The largest absolute Gasteiger partial charge is 0.463 e. The number of alkyl halides is 3. The summed E-state index contributed by atoms with van der Waals surface area (Å²) in [7, 11) is 2.03. The van der Waals surface area contributed by atoms with Crippen molar-refractivity contribution in [3.63, 3.8) is 0 Å². The van der Waals surface area contributed by atoms with Crippen molar-refractivity contribution in [2.24, 2.45) is 0 Å². The van der Waals surface area contributed by atoms with Crippen LogP contribution in [0, 0.1) is 0 Å². The van der Waals surface area contributed by atoms with Gasteiger partial charge in [-0.1, -0.05) is 0 Å². The molecule has 0 bridgehead atoms. The van der Waals surface area contributed by atoms with Gasteiger partial charge in [0.1, 0.15) is 5.69 Å². The van der Waals surface area contributed by atoms with E-state index in [4.69, 9.17) is 4.42 Å². The Morgan fingerprint density at radius 1 is 1.26 bits per heavy atom. The lowest BCUT2D eigenvalue weighted by atomic mass is 10.2. The molecule has 1 aliphatic rings. The van der Waals surface area contributed by atoms with Crippen LogP contribution in [0.1, 0.15) is 16.2 Å². The highest BCUT2D eigenvalue weighted by atomic mass is 19.4. The van der Waals surface area contributed by atoms with Gasteiger partial charge in [0.05, 0.1) is 39.5 Å². The number of amides is 1. The Morgan fingerprint density at radius 3 is 2.63 bits per heavy atom. The van der Waals surface area contributed by atoms with Gasteiger partial charge in [-0.2, -0.15) is 18.3 Å². The molecule has 0 radical (unpaired) electrons. The van der Waals surface area contributed by atoms with Crippen LogP contribution in [-0.4, -0.2) is 58.6 Å². The van der Waals surface area contributed by atoms with Gasteiger partial charge in [0.15, 0.2) is 22.8 Å². The SMILES string of the molecule is C[NH+]1CCN(C(=O)c2cc3nc(-c4ccco4)cc(C(F)(F)F)n3n2)CC1. The molecule has 1 aliphatic heterocycles. The molecule has 142 valence electrons. The highest BCUT2D eigenvalue weighted by Gasteiger charge is 2.36. The molecule has 1 N–H and O–H groups in total. The number of quaternary nitrogens is 1. The van der Waals surface area contributed by atoms with Crippen molar-refractivity contribution in [2.75, 3.05) is 33.2 Å². The zero-order valence-electron chi connectivity index (χ0n) is 14.5. The minimum absolute atomic E-state index is 0.0296. The van der Waals surface area contributed by atoms with Gasteiger partial charge in [0.25, 0.3) is 5.91 Å². The maximum absolute atomic E-state index is 13.5. The van der Waals surface area contributed by atoms with Crippen LogP contribution in [0.3, 0.4) is 0 Å². The molecule has 0 unspecified atom stereocenters. The van der Waals surface area contributed by atoms with E-state index >= 15 is 0 Å². The summed E-state index contributed by atoms with van der Waals surface area (Å²) in [5.74, 6) is -0.181. The molecule has 0 atom stereocenters. The minimum Gasteiger partial charge on any atom is -0.463 e. The third kappa shape index (κ3) is 3.27. The second-order valence-electron chi connectivity index (χ2n) is 6.55. The van der Waals surface area contributed by atoms with Crippen molar-refractivity contribution in [1.29, 1.82) is 0 Å². The molecule has 0 spiro atoms. The summed E-state index contributed by atoms with van der Waals surface area (Å²) < 4.78 is 46.4. The first kappa shape index (κ1) is 17.5. The molecule has 0 aliphatic carbocycles. The Bertz CT molecular complexity index is 973. The maximum atomic E-state index is 13.5. The fraction of sp³-hybridized carbons (Fsp3) is 0.353. The van der Waals surface area contributed by atoms with Crippen LogP contribution in [0.15, 0.2) is 34.9 Å². The van der Waals surface area contributed by atoms with Gasteiger partial charge in [0.2, 0.25) is 0 Å². The van der Waals surface area contributed by atoms with E-state index in [1.807, 2.05) is 7.05 Å². The van der Waals surface area contributed by atoms with Crippen molar-refractivity contribution in [1.82, 2.24) is 19.5 Å². The maximum Gasteiger partial charge on any atom is 0.433 e. The molecule has 0 saturated carbocycles. The van der Waals surface area contributed by atoms with E-state index in [1.54, 1.807) is 11.0 Å². The minimum atomic E-state index is -4.66. The van der Waals surface area contributed by atoms with Crippen molar-refractivity contribution in [3.05, 3.63) is 41.9 Å². The molecule has 1 saturated heterocycles. The number of aromatic nitrogens is 3. The van der Waals surface area contributed by atoms with Gasteiger partial charge in [-0.15, -0.1) is 0 Å². The lowest BCUT2D eigenvalue weighted by Gasteiger charge is -2.29. The number of carbonyl (C=O) groups is 1. The summed E-state index contributed by atoms with van der Waals surface area (Å²) in [4.78, 5) is 19.8. The van der Waals surface area contributed by atoms with E-state index in [0.717, 1.165) is 19.2 Å². The van der Waals surface area contributed by atoms with Crippen molar-refractivity contribution < 1.29 is 27.3 Å². The number of nitrogens with one attached hydrogen (secondary N) is 1. The summed E-state index contributed by atoms with van der Waals surface area (Å²) in [5, 5.41) is 3.90. The molecule has 1 fully saturated rings. The van der Waals surface area contributed by atoms with Gasteiger partial charge in [-0.3, -0.25) is 4.79 Å². The van der Waals surface area contributed by atoms with Crippen LogP contribution < -0.4 is 4.90 Å². The van der Waals surface area contributed by atoms with E-state index in [0.29, 0.717) is 17.6 Å². The number of hydrogen-bond donors (Lipinski definition) is 1. The van der Waals surface area contributed by atoms with Gasteiger partial charge >= 0.3 is 6.18 Å². The average Bonchev–Trinajstić information content (AvgIpc) is 3.29. The Kier molecular flexibility index (Phi) is 4.14. The van der Waals surface area contributed by atoms with Gasteiger partial charge in [0, 0.05) is 6.07 Å². The fourth-order valence-electron chi connectivity index (χ4n) is 3.08. The van der Waals surface area contributed by atoms with Crippen molar-refractivity contribution in [3.8, 4) is 11.5 Å². The molecule has 0 aromatic carbocycles. The predicted molar refractivity (Wildman–Crippen MR) is 88.2 cm³/mol. The number of piperazine rings is 1. The molecule has 3 aromatic rings. The van der Waals surface area contributed by atoms with Crippen LogP contribution in [0.25, 0.3) is 17.1 Å². The van der Waals surface area contributed by atoms with Gasteiger partial charge in [-0.05, 0) is 18.2 Å². The molecule has 7 nitrogen and oxygen atoms in total. The molecule has 27 heavy (non-hydrogen) atoms. The zero-order valence-corrected chi connectivity index (χ0v) is 14.5. The number of furan rings is 1. The van der Waals surface area contributed by atoms with E-state index in [2.05, 4.69) is 10.1 Å². The number of carbonyl (C=O) groups excluding carboxylic acids is 1. The lowest BCUT2D eigenvalue weighted by Crippen LogP contribution is -3.12. The zero-order chi connectivity index (χ0) is 19.2. The van der Waals surface area contributed by atoms with Crippen LogP contribution >= 0.6 is 0 Å². The molecule has 10 heteroatoms. The molecular weight excluding hydrogens is 363 g/mol. The summed E-state index contributed by atoms with van der Waals surface area (Å²) in [6.07, 6.45) is -3.30. The Hall–Kier alpha value is -2.88. The first-order valence-electron chi connectivity index (χ1n) is 8.45. The molecule has 4 rings (SSSR count). The van der Waals surface area contributed by atoms with Crippen LogP contribution in [-0.2, 0) is 6.18 Å². The highest BCUT2D eigenvalue weighted by molar-refractivity contribution is 5.93. The Balaban J connectivity index is 1.77. The van der Waals surface area contributed by atoms with E-state index < -0.39 is 11.9 Å². The molecular formula is C17H17F3N5O2+. The standard InChI is InChI=1S/C17H16F3N5O2/c1-23-4-6-24(7-5-23)16(26)12-10-15-21-11(13-3-2-8-27-13)9-14(17(18,19)20)25(15)22-12/h2-3,8-10H,4-7H2,1H3/p+1. The van der Waals surface area contributed by atoms with Crippen LogP contribution in [0.4, 0.5) is 13.2 Å². The number of fused-ring (bicyclic) bond motifs is 1. The van der Waals surface area contributed by atoms with Gasteiger partial charge in [-0.25, -0.2) is 9.50 Å². The topological polar surface area (TPSA) is 68.1 Å². The third-order valence-electron chi connectivity index (χ3n) is 4.61. The fourth-order valence-corrected chi connectivity index (χ4v) is 3.08. The summed E-state index contributed by atoms with van der Waals surface area (Å²) in [6, 6.07) is 5.24. The number of nitrogens with zero attached hydrogens (tertiary/aromatic N) is 4. The second kappa shape index (κ2) is 6.38. The van der Waals surface area contributed by atoms with Crippen molar-refractivity contribution in [2.45, 2.75) is 6.18 Å². The highest BCUT2D eigenvalue weighted by Crippen LogP contribution is 2.32. The third-order valence-corrected chi connectivity index (χ3v) is 4.61. The molecule has 3 aromatic heterocycles. The first-order chi connectivity index (χ1) is 12.8. The average molecular weight is 380 g/mol.